The van der Waals surface area contributed by atoms with Gasteiger partial charge in [0.1, 0.15) is 0 Å². The van der Waals surface area contributed by atoms with E-state index in [0.717, 1.165) is 77.8 Å². The highest BCUT2D eigenvalue weighted by Gasteiger charge is 2.22. The van der Waals surface area contributed by atoms with Crippen molar-refractivity contribution in [2.45, 2.75) is 94.9 Å². The van der Waals surface area contributed by atoms with E-state index in [-0.39, 0.29) is 37.0 Å². The van der Waals surface area contributed by atoms with Crippen LogP contribution in [0.15, 0.2) is 55.8 Å². The predicted octanol–water partition coefficient (Wildman–Crippen LogP) is 2.41. The van der Waals surface area contributed by atoms with E-state index in [0.29, 0.717) is 0 Å². The molecule has 0 spiro atoms. The van der Waals surface area contributed by atoms with Crippen molar-refractivity contribution in [2.24, 2.45) is 132 Å². The minimum atomic E-state index is -0.0787. The van der Waals surface area contributed by atoms with Crippen LogP contribution in [0.4, 0.5) is 0 Å². The molecule has 0 bridgehead atoms. The molecule has 0 amide bonds. The van der Waals surface area contributed by atoms with E-state index in [9.17, 15) is 0 Å². The van der Waals surface area contributed by atoms with Crippen LogP contribution in [0.5, 0.6) is 0 Å². The second-order valence-corrected chi connectivity index (χ2v) is 11.8. The fraction of sp³-hybridized carbons (Fsp3) is 0.667. The quantitative estimate of drug-likeness (QED) is 0.0586. The zero-order valence-electron chi connectivity index (χ0n) is 32.7. The lowest BCUT2D eigenvalue weighted by atomic mass is 9.86. The highest BCUT2D eigenvalue weighted by Crippen LogP contribution is 2.21. The van der Waals surface area contributed by atoms with Gasteiger partial charge in [0.2, 0.25) is 0 Å². The number of hydrazone groups is 8. The Hall–Kier alpha value is -5.23. The molecule has 16 N–H and O–H groups in total. The maximum atomic E-state index is 5.41. The van der Waals surface area contributed by atoms with Gasteiger partial charge in [-0.05, 0) is 87.5 Å². The average molecular weight is 734 g/mol. The van der Waals surface area contributed by atoms with Gasteiger partial charge in [-0.1, -0.05) is 7.43 Å². The van der Waals surface area contributed by atoms with Gasteiger partial charge < -0.3 is 46.7 Å². The van der Waals surface area contributed by atoms with E-state index >= 15 is 0 Å². The highest BCUT2D eigenvalue weighted by atomic mass is 15.2. The number of nitrogens with zero attached hydrogens (tertiary/aromatic N) is 11. The Morgan fingerprint density at radius 3 is 1.19 bits per heavy atom. The second-order valence-electron chi connectivity index (χ2n) is 11.8. The van der Waals surface area contributed by atoms with Crippen molar-refractivity contribution < 1.29 is 0 Å². The average Bonchev–Trinajstić information content (AvgIpc) is 3.15. The first-order chi connectivity index (χ1) is 24.2. The summed E-state index contributed by atoms with van der Waals surface area (Å²) in [5.74, 6) is 42.4. The SMILES string of the molecule is C.CN=C(C)C(/C=N/N)/C(C)=N\N.CN=C(C)CC(CC(/C=N/N)/C(C)=N\N)/C(C)=N/N.CN=C(C)CCC(CC(/C=N/N)/C(C)=N\N)/C(C)=N/N. The largest absolute Gasteiger partial charge is 0.324 e. The number of aliphatic imine (C=N–C) groups is 3. The van der Waals surface area contributed by atoms with Crippen LogP contribution < -0.4 is 46.7 Å². The minimum absolute atomic E-state index is 0. The molecular weight excluding hydrogens is 662 g/mol. The van der Waals surface area contributed by atoms with Gasteiger partial charge in [0.05, 0.1) is 5.92 Å². The lowest BCUT2D eigenvalue weighted by Crippen LogP contribution is -2.25. The van der Waals surface area contributed by atoms with Gasteiger partial charge in [0, 0.05) is 109 Å². The molecule has 0 aliphatic heterocycles. The van der Waals surface area contributed by atoms with Gasteiger partial charge >= 0.3 is 0 Å². The van der Waals surface area contributed by atoms with Crippen LogP contribution in [-0.2, 0) is 0 Å². The molecule has 0 aromatic heterocycles. The van der Waals surface area contributed by atoms with Crippen LogP contribution in [0.2, 0.25) is 0 Å². The van der Waals surface area contributed by atoms with Crippen LogP contribution in [0.25, 0.3) is 0 Å². The molecule has 0 aromatic carbocycles. The van der Waals surface area contributed by atoms with Crippen molar-refractivity contribution in [1.82, 2.24) is 0 Å². The third kappa shape index (κ3) is 23.2. The highest BCUT2D eigenvalue weighted by molar-refractivity contribution is 6.16. The summed E-state index contributed by atoms with van der Waals surface area (Å²) >= 11 is 0. The summed E-state index contributed by atoms with van der Waals surface area (Å²) < 4.78 is 0. The van der Waals surface area contributed by atoms with Crippen molar-refractivity contribution in [3.63, 3.8) is 0 Å². The molecule has 5 unspecified atom stereocenters. The van der Waals surface area contributed by atoms with Gasteiger partial charge in [-0.3, -0.25) is 15.0 Å². The molecular formula is C33H71N19. The smallest absolute Gasteiger partial charge is 0.0735 e. The van der Waals surface area contributed by atoms with Gasteiger partial charge in [-0.25, -0.2) is 0 Å². The fourth-order valence-electron chi connectivity index (χ4n) is 4.57. The van der Waals surface area contributed by atoms with E-state index in [2.05, 4.69) is 55.8 Å². The van der Waals surface area contributed by atoms with Gasteiger partial charge in [0.15, 0.2) is 0 Å². The number of rotatable bonds is 18. The van der Waals surface area contributed by atoms with Gasteiger partial charge in [0.25, 0.3) is 0 Å². The standard InChI is InChI=1S/C13H27N7.C12H25N7.C7H15N5.CH4/c1-9(17-4)5-6-12(10(2)19-15)7-13(8-18-14)11(3)20-16;1-8(16-4)5-11(9(2)18-14)6-12(7-17-13)10(3)19-15;1-5(10-3)7(4-11-8)6(2)12-9;/h8,12-13H,5-7,14-16H2,1-4H3;7,11-12H,5-6,13-15H2,1-4H3;4,7H,8-9H2,1-3H3;1H4/b17-9?,18-8+,19-10+,20-11-;16-8?,17-7+,18-9+,19-10-;10-5?,11-4+,12-6-;. The maximum absolute atomic E-state index is 5.41. The Kier molecular flexibility index (Phi) is 33.9. The normalized spacial score (nSPS) is 17.1. The molecule has 0 aromatic rings. The number of nitrogens with two attached hydrogens (primary N) is 8. The maximum Gasteiger partial charge on any atom is 0.0735 e. The van der Waals surface area contributed by atoms with E-state index in [1.807, 2.05) is 48.5 Å². The Labute approximate surface area is 312 Å². The Morgan fingerprint density at radius 1 is 0.462 bits per heavy atom. The van der Waals surface area contributed by atoms with E-state index in [1.165, 1.54) is 0 Å². The van der Waals surface area contributed by atoms with E-state index < -0.39 is 0 Å². The van der Waals surface area contributed by atoms with Crippen LogP contribution in [0, 0.1) is 29.6 Å². The number of hydrogen-bond donors (Lipinski definition) is 8. The molecule has 0 heterocycles. The van der Waals surface area contributed by atoms with Crippen LogP contribution in [0.1, 0.15) is 94.9 Å². The predicted molar refractivity (Wildman–Crippen MR) is 229 cm³/mol. The summed E-state index contributed by atoms with van der Waals surface area (Å²) in [6, 6.07) is 0. The summed E-state index contributed by atoms with van der Waals surface area (Å²) in [4.78, 5) is 12.3. The van der Waals surface area contributed by atoms with Crippen LogP contribution in [-0.4, -0.2) is 85.5 Å². The first-order valence-corrected chi connectivity index (χ1v) is 16.4. The third-order valence-electron chi connectivity index (χ3n) is 8.53. The Balaban J connectivity index is -0.000000339. The molecule has 0 aliphatic rings. The number of hydrogen-bond acceptors (Lipinski definition) is 19. The van der Waals surface area contributed by atoms with Crippen molar-refractivity contribution in [3.8, 4) is 0 Å². The summed E-state index contributed by atoms with van der Waals surface area (Å²) in [6.07, 6.45) is 8.99. The topological polar surface area (TPSA) is 344 Å². The molecule has 0 aliphatic carbocycles. The Bertz CT molecular complexity index is 1280. The lowest BCUT2D eigenvalue weighted by molar-refractivity contribution is 0.565. The molecule has 298 valence electrons. The summed E-state index contributed by atoms with van der Waals surface area (Å²) in [7, 11) is 5.27. The summed E-state index contributed by atoms with van der Waals surface area (Å²) in [5, 5.41) is 29.2. The first-order valence-electron chi connectivity index (χ1n) is 16.4. The van der Waals surface area contributed by atoms with Crippen molar-refractivity contribution in [3.05, 3.63) is 0 Å². The molecule has 52 heavy (non-hydrogen) atoms. The molecule has 19 nitrogen and oxygen atoms in total. The first kappa shape index (κ1) is 53.6. The molecule has 0 fully saturated rings. The minimum Gasteiger partial charge on any atom is -0.324 e. The second kappa shape index (κ2) is 32.9. The molecule has 0 radical (unpaired) electrons. The van der Waals surface area contributed by atoms with Crippen molar-refractivity contribution in [2.75, 3.05) is 21.1 Å². The molecule has 5 atom stereocenters. The molecule has 0 saturated carbocycles. The summed E-state index contributed by atoms with van der Waals surface area (Å²) in [5.41, 5.74) is 7.09. The van der Waals surface area contributed by atoms with E-state index in [1.54, 1.807) is 46.7 Å². The molecule has 0 saturated heterocycles. The molecule has 0 rings (SSSR count). The monoisotopic (exact) mass is 734 g/mol. The van der Waals surface area contributed by atoms with Crippen molar-refractivity contribution in [1.29, 1.82) is 0 Å². The van der Waals surface area contributed by atoms with E-state index in [4.69, 9.17) is 46.7 Å². The Morgan fingerprint density at radius 2 is 0.846 bits per heavy atom. The van der Waals surface area contributed by atoms with Gasteiger partial charge in [-0.15, -0.1) is 0 Å². The summed E-state index contributed by atoms with van der Waals surface area (Å²) in [6.45, 7) is 15.2. The zero-order chi connectivity index (χ0) is 39.9. The zero-order valence-corrected chi connectivity index (χ0v) is 32.7. The van der Waals surface area contributed by atoms with Crippen molar-refractivity contribution >= 4 is 64.3 Å². The molecule has 19 heteroatoms. The lowest BCUT2D eigenvalue weighted by Gasteiger charge is -2.20. The van der Waals surface area contributed by atoms with Gasteiger partial charge in [-0.2, -0.15) is 40.8 Å². The third-order valence-corrected chi connectivity index (χ3v) is 8.53. The van der Waals surface area contributed by atoms with Crippen LogP contribution in [0.3, 0.4) is 0 Å². The van der Waals surface area contributed by atoms with Crippen LogP contribution >= 0.6 is 0 Å². The fourth-order valence-corrected chi connectivity index (χ4v) is 4.57.